The molecule has 1 saturated carbocycles. The van der Waals surface area contributed by atoms with Gasteiger partial charge in [0.2, 0.25) is 11.8 Å². The number of hydrogen-bond acceptors (Lipinski definition) is 7. The topological polar surface area (TPSA) is 123 Å². The van der Waals surface area contributed by atoms with Crippen LogP contribution in [-0.4, -0.2) is 61.1 Å². The predicted octanol–water partition coefficient (Wildman–Crippen LogP) is 5.42. The number of carbonyl (C=O) groups is 4. The lowest BCUT2D eigenvalue weighted by Gasteiger charge is -2.28. The van der Waals surface area contributed by atoms with Crippen LogP contribution in [0.1, 0.15) is 62.5 Å². The fourth-order valence-electron chi connectivity index (χ4n) is 5.61. The Bertz CT molecular complexity index is 1320. The summed E-state index contributed by atoms with van der Waals surface area (Å²) >= 11 is 12.2. The summed E-state index contributed by atoms with van der Waals surface area (Å²) in [5.41, 5.74) is 1.50. The van der Waals surface area contributed by atoms with Gasteiger partial charge in [-0.2, -0.15) is 0 Å². The fraction of sp³-hybridized carbons (Fsp3) is 0.500. The van der Waals surface area contributed by atoms with Crippen molar-refractivity contribution >= 4 is 47.1 Å². The summed E-state index contributed by atoms with van der Waals surface area (Å²) in [6.07, 6.45) is 4.81. The van der Waals surface area contributed by atoms with Crippen molar-refractivity contribution in [3.8, 4) is 5.75 Å². The van der Waals surface area contributed by atoms with Crippen LogP contribution in [0.25, 0.3) is 0 Å². The van der Waals surface area contributed by atoms with Crippen LogP contribution in [0.15, 0.2) is 42.5 Å². The molecule has 1 heterocycles. The molecule has 12 heteroatoms. The molecule has 0 spiro atoms. The van der Waals surface area contributed by atoms with Gasteiger partial charge in [0, 0.05) is 28.6 Å². The van der Waals surface area contributed by atoms with Crippen LogP contribution < -0.4 is 15.4 Å². The van der Waals surface area contributed by atoms with Crippen LogP contribution in [0.5, 0.6) is 5.75 Å². The largest absolute Gasteiger partial charge is 0.491 e. The highest BCUT2D eigenvalue weighted by Gasteiger charge is 2.31. The predicted molar refractivity (Wildman–Crippen MR) is 165 cm³/mol. The molecule has 3 amide bonds. The second-order valence-corrected chi connectivity index (χ2v) is 12.1. The molecule has 2 aromatic rings. The molecule has 10 nitrogen and oxygen atoms in total. The van der Waals surface area contributed by atoms with Gasteiger partial charge in [-0.05, 0) is 54.7 Å². The number of halogens is 2. The highest BCUT2D eigenvalue weighted by Crippen LogP contribution is 2.28. The van der Waals surface area contributed by atoms with Crippen molar-refractivity contribution in [2.24, 2.45) is 5.92 Å². The summed E-state index contributed by atoms with van der Waals surface area (Å²) in [5, 5.41) is 6.48. The number of nitrogens with one attached hydrogen (secondary N) is 2. The number of esters is 1. The van der Waals surface area contributed by atoms with E-state index in [0.29, 0.717) is 47.5 Å². The Morgan fingerprint density at radius 1 is 1.00 bits per heavy atom. The zero-order valence-corrected chi connectivity index (χ0v) is 26.3. The average Bonchev–Trinajstić information content (AvgIpc) is 3.24. The Morgan fingerprint density at radius 3 is 2.52 bits per heavy atom. The molecule has 1 fully saturated rings. The van der Waals surface area contributed by atoms with Gasteiger partial charge in [-0.25, -0.2) is 9.59 Å². The van der Waals surface area contributed by atoms with Crippen molar-refractivity contribution in [2.45, 2.75) is 76.6 Å². The summed E-state index contributed by atoms with van der Waals surface area (Å²) in [7, 11) is 1.22. The Labute approximate surface area is 267 Å². The first kappa shape index (κ1) is 33.4. The van der Waals surface area contributed by atoms with E-state index in [9.17, 15) is 19.2 Å². The van der Waals surface area contributed by atoms with Crippen LogP contribution in [0.4, 0.5) is 4.79 Å². The lowest BCUT2D eigenvalue weighted by atomic mass is 9.84. The van der Waals surface area contributed by atoms with Gasteiger partial charge in [0.15, 0.2) is 0 Å². The molecule has 0 aromatic heterocycles. The fourth-order valence-corrected chi connectivity index (χ4v) is 6.02. The number of ether oxygens (including phenoxy) is 3. The Balaban J connectivity index is 1.38. The molecule has 0 unspecified atom stereocenters. The minimum Gasteiger partial charge on any atom is -0.491 e. The number of rotatable bonds is 11. The molecule has 2 aliphatic rings. The van der Waals surface area contributed by atoms with Gasteiger partial charge in [-0.1, -0.05) is 67.4 Å². The van der Waals surface area contributed by atoms with Crippen LogP contribution >= 0.6 is 23.2 Å². The van der Waals surface area contributed by atoms with E-state index in [1.165, 1.54) is 7.11 Å². The van der Waals surface area contributed by atoms with Crippen molar-refractivity contribution in [2.75, 3.05) is 20.3 Å². The van der Waals surface area contributed by atoms with Crippen molar-refractivity contribution in [3.63, 3.8) is 0 Å². The van der Waals surface area contributed by atoms with Crippen LogP contribution in [0.3, 0.4) is 0 Å². The van der Waals surface area contributed by atoms with E-state index in [1.807, 2.05) is 0 Å². The number of alkyl carbamates (subject to hydrolysis) is 1. The molecular weight excluding hydrogens is 609 g/mol. The van der Waals surface area contributed by atoms with E-state index in [-0.39, 0.29) is 31.3 Å². The molecule has 44 heavy (non-hydrogen) atoms. The number of fused-ring (bicyclic) bond motifs is 1. The average molecular weight is 649 g/mol. The third-order valence-corrected chi connectivity index (χ3v) is 8.44. The van der Waals surface area contributed by atoms with Crippen LogP contribution in [0.2, 0.25) is 10.0 Å². The van der Waals surface area contributed by atoms with Gasteiger partial charge in [-0.3, -0.25) is 9.59 Å². The number of carbonyl (C=O) groups excluding carboxylic acids is 4. The molecular formula is C32H39Cl2N3O7. The van der Waals surface area contributed by atoms with Gasteiger partial charge in [0.25, 0.3) is 0 Å². The quantitative estimate of drug-likeness (QED) is 0.312. The normalized spacial score (nSPS) is 16.4. The summed E-state index contributed by atoms with van der Waals surface area (Å²) in [6, 6.07) is 10.2. The summed E-state index contributed by atoms with van der Waals surface area (Å²) in [4.78, 5) is 53.8. The Hall–Kier alpha value is -3.50. The minimum absolute atomic E-state index is 0.0155. The lowest BCUT2D eigenvalue weighted by molar-refractivity contribution is -0.146. The maximum Gasteiger partial charge on any atom is 0.408 e. The molecule has 238 valence electrons. The monoisotopic (exact) mass is 647 g/mol. The van der Waals surface area contributed by atoms with Gasteiger partial charge in [0.1, 0.15) is 31.0 Å². The molecule has 2 N–H and O–H groups in total. The van der Waals surface area contributed by atoms with E-state index in [0.717, 1.165) is 37.7 Å². The smallest absolute Gasteiger partial charge is 0.408 e. The summed E-state index contributed by atoms with van der Waals surface area (Å²) < 4.78 is 16.1. The van der Waals surface area contributed by atoms with Crippen molar-refractivity contribution in [1.82, 2.24) is 15.5 Å². The molecule has 2 atom stereocenters. The van der Waals surface area contributed by atoms with Crippen molar-refractivity contribution in [3.05, 3.63) is 63.6 Å². The first-order valence-corrected chi connectivity index (χ1v) is 15.7. The van der Waals surface area contributed by atoms with Crippen molar-refractivity contribution in [1.29, 1.82) is 0 Å². The molecule has 1 aliphatic carbocycles. The summed E-state index contributed by atoms with van der Waals surface area (Å²) in [5.74, 6) is -0.502. The zero-order valence-electron chi connectivity index (χ0n) is 24.8. The number of methoxy groups -OCH3 is 1. The highest BCUT2D eigenvalue weighted by atomic mass is 35.5. The second-order valence-electron chi connectivity index (χ2n) is 11.2. The number of hydrogen-bond donors (Lipinski definition) is 2. The van der Waals surface area contributed by atoms with Gasteiger partial charge in [-0.15, -0.1) is 0 Å². The molecule has 4 rings (SSSR count). The number of nitrogens with zero attached hydrogens (tertiary/aromatic N) is 1. The third-order valence-electron chi connectivity index (χ3n) is 7.97. The zero-order chi connectivity index (χ0) is 31.5. The van der Waals surface area contributed by atoms with E-state index in [2.05, 4.69) is 10.6 Å². The summed E-state index contributed by atoms with van der Waals surface area (Å²) in [6.45, 7) is 0.981. The third kappa shape index (κ3) is 10.0. The van der Waals surface area contributed by atoms with Gasteiger partial charge in [0.05, 0.1) is 13.7 Å². The lowest BCUT2D eigenvalue weighted by Crippen LogP contribution is -2.52. The molecule has 0 saturated heterocycles. The van der Waals surface area contributed by atoms with Gasteiger partial charge >= 0.3 is 12.1 Å². The second kappa shape index (κ2) is 16.5. The molecule has 2 aromatic carbocycles. The molecule has 1 aliphatic heterocycles. The Morgan fingerprint density at radius 2 is 1.77 bits per heavy atom. The van der Waals surface area contributed by atoms with E-state index >= 15 is 0 Å². The first-order chi connectivity index (χ1) is 21.2. The van der Waals surface area contributed by atoms with E-state index in [1.54, 1.807) is 47.4 Å². The minimum atomic E-state index is -1.08. The van der Waals surface area contributed by atoms with E-state index in [4.69, 9.17) is 37.4 Å². The van der Waals surface area contributed by atoms with Gasteiger partial charge < -0.3 is 29.7 Å². The number of amides is 3. The maximum atomic E-state index is 13.5. The molecule has 0 radical (unpaired) electrons. The standard InChI is InChI=1S/C32H39Cl2N3O7/c1-42-31(40)26(11-13-29(38)37-14-15-43-28-12-10-25(34)18-23(28)19-37)35-30(39)27(17-21-6-3-2-4-7-21)36-32(41)44-20-22-8-5-9-24(33)16-22/h5,8-10,12,16,18,21,26-27H,2-4,6-7,11,13-15,17,19-20H2,1H3,(H,35,39)(H,36,41)/t26-,27-/m0/s1. The Kier molecular flexibility index (Phi) is 12.6. The SMILES string of the molecule is COC(=O)[C@H](CCC(=O)N1CCOc2ccc(Cl)cc2C1)NC(=O)[C@H](CC1CCCCC1)NC(=O)OCc1cccc(Cl)c1. The number of benzene rings is 2. The van der Waals surface area contributed by atoms with Crippen molar-refractivity contribution < 1.29 is 33.4 Å². The van der Waals surface area contributed by atoms with Crippen LogP contribution in [0, 0.1) is 5.92 Å². The van der Waals surface area contributed by atoms with E-state index < -0.39 is 30.1 Å². The molecule has 0 bridgehead atoms. The highest BCUT2D eigenvalue weighted by molar-refractivity contribution is 6.30. The maximum absolute atomic E-state index is 13.5. The van der Waals surface area contributed by atoms with Crippen LogP contribution in [-0.2, 0) is 37.0 Å². The first-order valence-electron chi connectivity index (χ1n) is 15.0.